The van der Waals surface area contributed by atoms with Gasteiger partial charge in [0.05, 0.1) is 17.7 Å². The molecule has 0 saturated heterocycles. The minimum Gasteiger partial charge on any atom is -0.493 e. The average molecular weight is 243 g/mol. The van der Waals surface area contributed by atoms with Gasteiger partial charge in [0.15, 0.2) is 0 Å². The minimum atomic E-state index is -0.469. The van der Waals surface area contributed by atoms with E-state index in [9.17, 15) is 5.11 Å². The van der Waals surface area contributed by atoms with Crippen LogP contribution in [0.4, 0.5) is 0 Å². The molecule has 1 fully saturated rings. The van der Waals surface area contributed by atoms with E-state index < -0.39 is 5.60 Å². The maximum atomic E-state index is 10.0. The Kier molecular flexibility index (Phi) is 2.92. The summed E-state index contributed by atoms with van der Waals surface area (Å²) in [4.78, 5) is 4.30. The lowest BCUT2D eigenvalue weighted by Crippen LogP contribution is -2.38. The van der Waals surface area contributed by atoms with E-state index in [2.05, 4.69) is 4.98 Å². The molecule has 3 heteroatoms. The highest BCUT2D eigenvalue weighted by molar-refractivity contribution is 5.84. The van der Waals surface area contributed by atoms with Crippen molar-refractivity contribution in [1.82, 2.24) is 4.98 Å². The van der Waals surface area contributed by atoms with E-state index >= 15 is 0 Å². The van der Waals surface area contributed by atoms with Crippen molar-refractivity contribution in [3.8, 4) is 5.75 Å². The van der Waals surface area contributed by atoms with Crippen molar-refractivity contribution in [2.75, 3.05) is 6.61 Å². The van der Waals surface area contributed by atoms with Gasteiger partial charge in [-0.3, -0.25) is 4.98 Å². The van der Waals surface area contributed by atoms with E-state index in [1.165, 1.54) is 0 Å². The molecule has 0 radical (unpaired) electrons. The van der Waals surface area contributed by atoms with E-state index in [0.717, 1.165) is 35.9 Å². The number of fused-ring (bicyclic) bond motifs is 1. The van der Waals surface area contributed by atoms with Crippen molar-refractivity contribution in [1.29, 1.82) is 0 Å². The van der Waals surface area contributed by atoms with Crippen LogP contribution in [0.2, 0.25) is 0 Å². The number of rotatable bonds is 4. The highest BCUT2D eigenvalue weighted by Crippen LogP contribution is 2.34. The smallest absolute Gasteiger partial charge is 0.128 e. The molecule has 1 aromatic carbocycles. The Bertz CT molecular complexity index is 544. The second kappa shape index (κ2) is 4.58. The molecule has 3 nitrogen and oxygen atoms in total. The fraction of sp³-hybridized carbons (Fsp3) is 0.400. The van der Waals surface area contributed by atoms with Crippen LogP contribution in [0.1, 0.15) is 25.7 Å². The predicted molar refractivity (Wildman–Crippen MR) is 70.7 cm³/mol. The zero-order valence-corrected chi connectivity index (χ0v) is 10.3. The summed E-state index contributed by atoms with van der Waals surface area (Å²) in [5, 5.41) is 11.0. The summed E-state index contributed by atoms with van der Waals surface area (Å²) in [6.07, 6.45) is 5.45. The largest absolute Gasteiger partial charge is 0.493 e. The molecule has 94 valence electrons. The summed E-state index contributed by atoms with van der Waals surface area (Å²) in [5.41, 5.74) is 0.473. The number of hydrogen-bond donors (Lipinski definition) is 1. The normalized spacial score (nSPS) is 17.4. The molecule has 1 aliphatic rings. The monoisotopic (exact) mass is 243 g/mol. The molecule has 1 aliphatic carbocycles. The Balaban J connectivity index is 1.70. The third kappa shape index (κ3) is 2.18. The lowest BCUT2D eigenvalue weighted by Gasteiger charge is -2.36. The van der Waals surface area contributed by atoms with Gasteiger partial charge in [0.25, 0.3) is 0 Å². The van der Waals surface area contributed by atoms with Crippen LogP contribution in [0.3, 0.4) is 0 Å². The molecule has 0 spiro atoms. The molecular formula is C15H17NO2. The van der Waals surface area contributed by atoms with Gasteiger partial charge in [0, 0.05) is 18.0 Å². The molecule has 18 heavy (non-hydrogen) atoms. The highest BCUT2D eigenvalue weighted by atomic mass is 16.5. The fourth-order valence-corrected chi connectivity index (χ4v) is 2.39. The SMILES string of the molecule is OC1(CCOc2cccc3ncccc23)CCC1. The first-order valence-electron chi connectivity index (χ1n) is 6.46. The maximum absolute atomic E-state index is 10.0. The highest BCUT2D eigenvalue weighted by Gasteiger charge is 2.33. The molecule has 0 amide bonds. The van der Waals surface area contributed by atoms with Crippen LogP contribution in [0.15, 0.2) is 36.5 Å². The van der Waals surface area contributed by atoms with Crippen molar-refractivity contribution >= 4 is 10.9 Å². The number of pyridine rings is 1. The number of aliphatic hydroxyl groups is 1. The average Bonchev–Trinajstić information content (AvgIpc) is 2.37. The quantitative estimate of drug-likeness (QED) is 0.897. The number of hydrogen-bond acceptors (Lipinski definition) is 3. The lowest BCUT2D eigenvalue weighted by molar-refractivity contribution is -0.0481. The third-order valence-electron chi connectivity index (χ3n) is 3.71. The van der Waals surface area contributed by atoms with Gasteiger partial charge >= 0.3 is 0 Å². The molecule has 0 atom stereocenters. The van der Waals surface area contributed by atoms with Gasteiger partial charge in [-0.2, -0.15) is 0 Å². The summed E-state index contributed by atoms with van der Waals surface area (Å²) < 4.78 is 5.79. The summed E-state index contributed by atoms with van der Waals surface area (Å²) in [6, 6.07) is 9.80. The van der Waals surface area contributed by atoms with Gasteiger partial charge in [0.2, 0.25) is 0 Å². The summed E-state index contributed by atoms with van der Waals surface area (Å²) >= 11 is 0. The van der Waals surface area contributed by atoms with E-state index in [1.54, 1.807) is 6.20 Å². The molecule has 2 aromatic rings. The Morgan fingerprint density at radius 3 is 2.89 bits per heavy atom. The summed E-state index contributed by atoms with van der Waals surface area (Å²) in [7, 11) is 0. The van der Waals surface area contributed by atoms with Crippen LogP contribution in [0, 0.1) is 0 Å². The van der Waals surface area contributed by atoms with Crippen LogP contribution in [0.25, 0.3) is 10.9 Å². The van der Waals surface area contributed by atoms with Gasteiger partial charge in [0.1, 0.15) is 5.75 Å². The van der Waals surface area contributed by atoms with E-state index in [1.807, 2.05) is 30.3 Å². The molecule has 1 heterocycles. The van der Waals surface area contributed by atoms with Crippen molar-refractivity contribution in [3.63, 3.8) is 0 Å². The van der Waals surface area contributed by atoms with Gasteiger partial charge in [-0.25, -0.2) is 0 Å². The molecule has 1 saturated carbocycles. The van der Waals surface area contributed by atoms with Crippen LogP contribution >= 0.6 is 0 Å². The first-order chi connectivity index (χ1) is 8.77. The van der Waals surface area contributed by atoms with E-state index in [-0.39, 0.29) is 0 Å². The van der Waals surface area contributed by atoms with Crippen molar-refractivity contribution in [3.05, 3.63) is 36.5 Å². The molecule has 0 bridgehead atoms. The van der Waals surface area contributed by atoms with Gasteiger partial charge < -0.3 is 9.84 Å². The van der Waals surface area contributed by atoms with Crippen LogP contribution < -0.4 is 4.74 Å². The summed E-state index contributed by atoms with van der Waals surface area (Å²) in [6.45, 7) is 0.560. The molecule has 3 rings (SSSR count). The molecule has 0 aliphatic heterocycles. The van der Waals surface area contributed by atoms with Crippen molar-refractivity contribution < 1.29 is 9.84 Å². The van der Waals surface area contributed by atoms with Crippen molar-refractivity contribution in [2.45, 2.75) is 31.3 Å². The second-order valence-electron chi connectivity index (χ2n) is 5.00. The summed E-state index contributed by atoms with van der Waals surface area (Å²) in [5.74, 6) is 0.850. The Morgan fingerprint density at radius 2 is 2.11 bits per heavy atom. The Morgan fingerprint density at radius 1 is 1.22 bits per heavy atom. The number of nitrogens with zero attached hydrogens (tertiary/aromatic N) is 1. The maximum Gasteiger partial charge on any atom is 0.128 e. The van der Waals surface area contributed by atoms with Crippen LogP contribution in [0.5, 0.6) is 5.75 Å². The minimum absolute atomic E-state index is 0.469. The van der Waals surface area contributed by atoms with E-state index in [4.69, 9.17) is 4.74 Å². The standard InChI is InChI=1S/C15H17NO2/c17-15(7-3-8-15)9-11-18-14-6-1-5-13-12(14)4-2-10-16-13/h1-2,4-6,10,17H,3,7-9,11H2. The molecular weight excluding hydrogens is 226 g/mol. The van der Waals surface area contributed by atoms with Crippen LogP contribution in [-0.4, -0.2) is 22.3 Å². The van der Waals surface area contributed by atoms with Crippen LogP contribution in [-0.2, 0) is 0 Å². The number of ether oxygens (including phenoxy) is 1. The second-order valence-corrected chi connectivity index (χ2v) is 5.00. The zero-order valence-electron chi connectivity index (χ0n) is 10.3. The van der Waals surface area contributed by atoms with Gasteiger partial charge in [-0.05, 0) is 43.5 Å². The Labute approximate surface area is 106 Å². The first kappa shape index (κ1) is 11.5. The van der Waals surface area contributed by atoms with Crippen molar-refractivity contribution in [2.24, 2.45) is 0 Å². The lowest BCUT2D eigenvalue weighted by atomic mass is 9.78. The number of aromatic nitrogens is 1. The van der Waals surface area contributed by atoms with Gasteiger partial charge in [-0.15, -0.1) is 0 Å². The third-order valence-corrected chi connectivity index (χ3v) is 3.71. The van der Waals surface area contributed by atoms with Gasteiger partial charge in [-0.1, -0.05) is 6.07 Å². The predicted octanol–water partition coefficient (Wildman–Crippen LogP) is 2.92. The molecule has 1 N–H and O–H groups in total. The Hall–Kier alpha value is -1.61. The first-order valence-corrected chi connectivity index (χ1v) is 6.46. The van der Waals surface area contributed by atoms with E-state index in [0.29, 0.717) is 13.0 Å². The zero-order chi connectivity index (χ0) is 12.4. The number of benzene rings is 1. The molecule has 0 unspecified atom stereocenters. The molecule has 1 aromatic heterocycles. The fourth-order valence-electron chi connectivity index (χ4n) is 2.39. The topological polar surface area (TPSA) is 42.4 Å².